The Bertz CT molecular complexity index is 527. The number of nitrogens with one attached hydrogen (secondary N) is 2. The molecule has 1 atom stereocenters. The third-order valence-electron chi connectivity index (χ3n) is 4.63. The van der Waals surface area contributed by atoms with Crippen LogP contribution >= 0.6 is 0 Å². The molecule has 1 fully saturated rings. The molecule has 0 amide bonds. The summed E-state index contributed by atoms with van der Waals surface area (Å²) >= 11 is 0. The van der Waals surface area contributed by atoms with E-state index < -0.39 is 0 Å². The minimum Gasteiger partial charge on any atom is -0.357 e. The fourth-order valence-corrected chi connectivity index (χ4v) is 2.69. The highest BCUT2D eigenvalue weighted by atomic mass is 15.3. The number of aliphatic imine (C=N–C) groups is 1. The molecular weight excluding hydrogens is 262 g/mol. The third-order valence-corrected chi connectivity index (χ3v) is 4.63. The lowest BCUT2D eigenvalue weighted by Crippen LogP contribution is -2.38. The van der Waals surface area contributed by atoms with Gasteiger partial charge in [0.15, 0.2) is 5.96 Å². The summed E-state index contributed by atoms with van der Waals surface area (Å²) in [7, 11) is 1.98. The zero-order valence-electron chi connectivity index (χ0n) is 14.2. The van der Waals surface area contributed by atoms with Crippen LogP contribution in [0.1, 0.15) is 44.1 Å². The number of aromatic nitrogens is 2. The van der Waals surface area contributed by atoms with Crippen molar-refractivity contribution >= 4 is 5.96 Å². The van der Waals surface area contributed by atoms with Crippen molar-refractivity contribution in [1.29, 1.82) is 0 Å². The van der Waals surface area contributed by atoms with Crippen LogP contribution < -0.4 is 10.6 Å². The highest BCUT2D eigenvalue weighted by Crippen LogP contribution is 2.50. The fourth-order valence-electron chi connectivity index (χ4n) is 2.69. The van der Waals surface area contributed by atoms with E-state index in [0.717, 1.165) is 30.7 Å². The van der Waals surface area contributed by atoms with E-state index in [-0.39, 0.29) is 0 Å². The topological polar surface area (TPSA) is 54.2 Å². The van der Waals surface area contributed by atoms with Gasteiger partial charge in [-0.1, -0.05) is 13.8 Å². The minimum atomic E-state index is 0.501. The van der Waals surface area contributed by atoms with Gasteiger partial charge in [-0.05, 0) is 38.5 Å². The zero-order chi connectivity index (χ0) is 15.6. The molecule has 2 rings (SSSR count). The Hall–Kier alpha value is -1.52. The first-order valence-corrected chi connectivity index (χ1v) is 7.86. The van der Waals surface area contributed by atoms with Crippen molar-refractivity contribution in [2.24, 2.45) is 23.4 Å². The van der Waals surface area contributed by atoms with Gasteiger partial charge in [-0.3, -0.25) is 4.68 Å². The second-order valence-corrected chi connectivity index (χ2v) is 6.74. The van der Waals surface area contributed by atoms with Crippen molar-refractivity contribution in [2.45, 2.75) is 47.6 Å². The highest BCUT2D eigenvalue weighted by molar-refractivity contribution is 5.79. The Kier molecular flexibility index (Phi) is 4.59. The van der Waals surface area contributed by atoms with Crippen LogP contribution in [0.5, 0.6) is 0 Å². The Balaban J connectivity index is 1.97. The number of rotatable bonds is 5. The van der Waals surface area contributed by atoms with E-state index in [2.05, 4.69) is 43.4 Å². The maximum absolute atomic E-state index is 4.71. The van der Waals surface area contributed by atoms with Gasteiger partial charge >= 0.3 is 0 Å². The minimum absolute atomic E-state index is 0.501. The lowest BCUT2D eigenvalue weighted by molar-refractivity contribution is 0.548. The highest BCUT2D eigenvalue weighted by Gasteiger charge is 2.45. The molecule has 21 heavy (non-hydrogen) atoms. The molecule has 1 aromatic rings. The van der Waals surface area contributed by atoms with Gasteiger partial charge in [0, 0.05) is 31.4 Å². The predicted octanol–water partition coefficient (Wildman–Crippen LogP) is 2.14. The first-order chi connectivity index (χ1) is 9.85. The first-order valence-electron chi connectivity index (χ1n) is 7.86. The monoisotopic (exact) mass is 291 g/mol. The predicted molar refractivity (Wildman–Crippen MR) is 87.4 cm³/mol. The summed E-state index contributed by atoms with van der Waals surface area (Å²) in [6, 6.07) is 0. The molecule has 118 valence electrons. The molecular formula is C16H29N5. The lowest BCUT2D eigenvalue weighted by Gasteiger charge is -2.12. The maximum Gasteiger partial charge on any atom is 0.191 e. The van der Waals surface area contributed by atoms with Crippen molar-refractivity contribution in [2.75, 3.05) is 13.1 Å². The summed E-state index contributed by atoms with van der Waals surface area (Å²) in [5, 5.41) is 11.2. The van der Waals surface area contributed by atoms with Crippen molar-refractivity contribution < 1.29 is 0 Å². The van der Waals surface area contributed by atoms with Crippen molar-refractivity contribution in [3.8, 4) is 0 Å². The lowest BCUT2D eigenvalue weighted by atomic mass is 10.1. The van der Waals surface area contributed by atoms with Crippen LogP contribution in [0.25, 0.3) is 0 Å². The molecule has 1 aliphatic rings. The van der Waals surface area contributed by atoms with Gasteiger partial charge in [-0.2, -0.15) is 5.10 Å². The summed E-state index contributed by atoms with van der Waals surface area (Å²) in [4.78, 5) is 4.71. The van der Waals surface area contributed by atoms with E-state index >= 15 is 0 Å². The Morgan fingerprint density at radius 2 is 2.05 bits per heavy atom. The number of guanidine groups is 1. The molecule has 0 saturated heterocycles. The van der Waals surface area contributed by atoms with Crippen molar-refractivity contribution in [3.63, 3.8) is 0 Å². The number of aryl methyl sites for hydroxylation is 2. The van der Waals surface area contributed by atoms with Crippen LogP contribution in [0.2, 0.25) is 0 Å². The Morgan fingerprint density at radius 3 is 2.52 bits per heavy atom. The Labute approximate surface area is 128 Å². The second kappa shape index (κ2) is 6.08. The SMILES string of the molecule is CCNC(=NCc1c(C)nn(C)c1C)NCC1CC1(C)C. The van der Waals surface area contributed by atoms with Gasteiger partial charge < -0.3 is 10.6 Å². The summed E-state index contributed by atoms with van der Waals surface area (Å²) in [6.07, 6.45) is 1.31. The molecule has 0 aliphatic heterocycles. The van der Waals surface area contributed by atoms with Crippen LogP contribution in [0.4, 0.5) is 0 Å². The summed E-state index contributed by atoms with van der Waals surface area (Å²) in [5.74, 6) is 1.67. The van der Waals surface area contributed by atoms with Crippen molar-refractivity contribution in [1.82, 2.24) is 20.4 Å². The van der Waals surface area contributed by atoms with Gasteiger partial charge in [0.25, 0.3) is 0 Å². The average Bonchev–Trinajstić information content (AvgIpc) is 2.94. The standard InChI is InChI=1S/C16H29N5/c1-7-17-15(18-9-13-8-16(13,4)5)19-10-14-11(2)20-21(6)12(14)3/h13H,7-10H2,1-6H3,(H2,17,18,19). The van der Waals surface area contributed by atoms with E-state index in [0.29, 0.717) is 12.0 Å². The molecule has 1 aromatic heterocycles. The normalized spacial score (nSPS) is 20.5. The molecule has 5 nitrogen and oxygen atoms in total. The number of nitrogens with zero attached hydrogens (tertiary/aromatic N) is 3. The molecule has 0 bridgehead atoms. The Morgan fingerprint density at radius 1 is 1.38 bits per heavy atom. The smallest absolute Gasteiger partial charge is 0.191 e. The number of hydrogen-bond acceptors (Lipinski definition) is 2. The summed E-state index contributed by atoms with van der Waals surface area (Å²) in [6.45, 7) is 13.4. The van der Waals surface area contributed by atoms with E-state index in [9.17, 15) is 0 Å². The van der Waals surface area contributed by atoms with E-state index in [1.807, 2.05) is 18.7 Å². The summed E-state index contributed by atoms with van der Waals surface area (Å²) < 4.78 is 1.92. The first kappa shape index (κ1) is 15.9. The molecule has 1 unspecified atom stereocenters. The van der Waals surface area contributed by atoms with E-state index in [4.69, 9.17) is 4.99 Å². The third kappa shape index (κ3) is 3.77. The van der Waals surface area contributed by atoms with Gasteiger partial charge in [0.2, 0.25) is 0 Å². The van der Waals surface area contributed by atoms with Crippen LogP contribution in [0.15, 0.2) is 4.99 Å². The van der Waals surface area contributed by atoms with Gasteiger partial charge in [-0.15, -0.1) is 0 Å². The van der Waals surface area contributed by atoms with Gasteiger partial charge in [0.1, 0.15) is 0 Å². The van der Waals surface area contributed by atoms with Crippen molar-refractivity contribution in [3.05, 3.63) is 17.0 Å². The van der Waals surface area contributed by atoms with E-state index in [1.54, 1.807) is 0 Å². The molecule has 1 heterocycles. The molecule has 0 aromatic carbocycles. The van der Waals surface area contributed by atoms with Crippen LogP contribution in [-0.2, 0) is 13.6 Å². The summed E-state index contributed by atoms with van der Waals surface area (Å²) in [5.41, 5.74) is 3.98. The van der Waals surface area contributed by atoms with Crippen LogP contribution in [-0.4, -0.2) is 28.8 Å². The van der Waals surface area contributed by atoms with E-state index in [1.165, 1.54) is 17.7 Å². The quantitative estimate of drug-likeness (QED) is 0.645. The molecule has 1 saturated carbocycles. The number of hydrogen-bond donors (Lipinski definition) is 2. The van der Waals surface area contributed by atoms with Gasteiger partial charge in [0.05, 0.1) is 12.2 Å². The van der Waals surface area contributed by atoms with Crippen LogP contribution in [0.3, 0.4) is 0 Å². The molecule has 2 N–H and O–H groups in total. The molecule has 0 radical (unpaired) electrons. The molecule has 0 spiro atoms. The second-order valence-electron chi connectivity index (χ2n) is 6.74. The largest absolute Gasteiger partial charge is 0.357 e. The molecule has 1 aliphatic carbocycles. The maximum atomic E-state index is 4.71. The molecule has 5 heteroatoms. The average molecular weight is 291 g/mol. The fraction of sp³-hybridized carbons (Fsp3) is 0.750. The van der Waals surface area contributed by atoms with Crippen LogP contribution in [0, 0.1) is 25.2 Å². The van der Waals surface area contributed by atoms with Gasteiger partial charge in [-0.25, -0.2) is 4.99 Å². The zero-order valence-corrected chi connectivity index (χ0v) is 14.2.